The lowest BCUT2D eigenvalue weighted by atomic mass is 9.94. The van der Waals surface area contributed by atoms with Gasteiger partial charge in [0.05, 0.1) is 0 Å². The number of hydrogen-bond acceptors (Lipinski definition) is 3. The molecule has 0 radical (unpaired) electrons. The van der Waals surface area contributed by atoms with Crippen LogP contribution in [0.2, 0.25) is 0 Å². The molecule has 1 atom stereocenters. The number of hydrogen-bond donors (Lipinski definition) is 1. The Balaban J connectivity index is 1.81. The number of rotatable bonds is 2. The molecule has 1 amide bonds. The van der Waals surface area contributed by atoms with E-state index < -0.39 is 0 Å². The van der Waals surface area contributed by atoms with E-state index in [9.17, 15) is 4.79 Å². The van der Waals surface area contributed by atoms with E-state index in [4.69, 9.17) is 5.73 Å². The van der Waals surface area contributed by atoms with Crippen molar-refractivity contribution in [3.05, 3.63) is 0 Å². The van der Waals surface area contributed by atoms with Crippen LogP contribution in [-0.4, -0.2) is 54.5 Å². The van der Waals surface area contributed by atoms with Gasteiger partial charge in [0.2, 0.25) is 5.91 Å². The van der Waals surface area contributed by atoms with Gasteiger partial charge < -0.3 is 10.6 Å². The molecule has 2 aliphatic heterocycles. The van der Waals surface area contributed by atoms with E-state index in [-0.39, 0.29) is 5.91 Å². The first-order valence-corrected chi connectivity index (χ1v) is 6.90. The Morgan fingerprint density at radius 3 is 2.53 bits per heavy atom. The predicted octanol–water partition coefficient (Wildman–Crippen LogP) is 0.668. The van der Waals surface area contributed by atoms with Gasteiger partial charge in [-0.1, -0.05) is 0 Å². The highest BCUT2D eigenvalue weighted by Crippen LogP contribution is 2.23. The zero-order chi connectivity index (χ0) is 12.3. The summed E-state index contributed by atoms with van der Waals surface area (Å²) >= 11 is 0. The number of nitrogens with two attached hydrogens (primary N) is 1. The Labute approximate surface area is 104 Å². The molecule has 2 N–H and O–H groups in total. The zero-order valence-electron chi connectivity index (χ0n) is 10.9. The first kappa shape index (κ1) is 12.8. The van der Waals surface area contributed by atoms with Gasteiger partial charge in [-0.2, -0.15) is 0 Å². The molecule has 2 heterocycles. The van der Waals surface area contributed by atoms with Crippen molar-refractivity contribution in [2.24, 2.45) is 11.7 Å². The van der Waals surface area contributed by atoms with E-state index in [1.165, 1.54) is 25.9 Å². The molecule has 0 aromatic heterocycles. The predicted molar refractivity (Wildman–Crippen MR) is 68.6 cm³/mol. The van der Waals surface area contributed by atoms with Gasteiger partial charge in [0.1, 0.15) is 0 Å². The highest BCUT2D eigenvalue weighted by atomic mass is 16.2. The average molecular weight is 239 g/mol. The van der Waals surface area contributed by atoms with Crippen LogP contribution in [-0.2, 0) is 4.79 Å². The molecule has 17 heavy (non-hydrogen) atoms. The molecule has 0 aliphatic carbocycles. The smallest absolute Gasteiger partial charge is 0.219 e. The molecule has 0 aromatic carbocycles. The van der Waals surface area contributed by atoms with Gasteiger partial charge in [-0.25, -0.2) is 0 Å². The van der Waals surface area contributed by atoms with Gasteiger partial charge in [-0.15, -0.1) is 0 Å². The molecular weight excluding hydrogens is 214 g/mol. The third kappa shape index (κ3) is 3.19. The summed E-state index contributed by atoms with van der Waals surface area (Å²) in [5.74, 6) is 0.913. The van der Waals surface area contributed by atoms with Crippen LogP contribution in [0.15, 0.2) is 0 Å². The maximum Gasteiger partial charge on any atom is 0.219 e. The fourth-order valence-electron chi connectivity index (χ4n) is 3.17. The van der Waals surface area contributed by atoms with Crippen LogP contribution in [0.25, 0.3) is 0 Å². The second-order valence-corrected chi connectivity index (χ2v) is 5.48. The first-order valence-electron chi connectivity index (χ1n) is 6.90. The molecule has 98 valence electrons. The average Bonchev–Trinajstić information content (AvgIpc) is 2.39. The lowest BCUT2D eigenvalue weighted by molar-refractivity contribution is -0.130. The van der Waals surface area contributed by atoms with Crippen LogP contribution in [0.5, 0.6) is 0 Å². The number of carbonyl (C=O) groups excluding carboxylic acids is 1. The molecule has 2 rings (SSSR count). The van der Waals surface area contributed by atoms with Gasteiger partial charge >= 0.3 is 0 Å². The Morgan fingerprint density at radius 2 is 1.94 bits per heavy atom. The molecule has 2 aliphatic rings. The minimum atomic E-state index is 0.224. The van der Waals surface area contributed by atoms with E-state index in [0.29, 0.717) is 12.0 Å². The maximum atomic E-state index is 11.3. The Morgan fingerprint density at radius 1 is 1.24 bits per heavy atom. The Hall–Kier alpha value is -0.610. The van der Waals surface area contributed by atoms with Gasteiger partial charge in [-0.05, 0) is 44.7 Å². The molecule has 4 heteroatoms. The molecule has 1 unspecified atom stereocenters. The summed E-state index contributed by atoms with van der Waals surface area (Å²) < 4.78 is 0. The summed E-state index contributed by atoms with van der Waals surface area (Å²) in [5.41, 5.74) is 5.78. The van der Waals surface area contributed by atoms with Crippen molar-refractivity contribution in [2.75, 3.05) is 32.7 Å². The summed E-state index contributed by atoms with van der Waals surface area (Å²) in [6.07, 6.45) is 4.85. The van der Waals surface area contributed by atoms with Crippen molar-refractivity contribution in [1.29, 1.82) is 0 Å². The molecule has 4 nitrogen and oxygen atoms in total. The number of likely N-dealkylation sites (tertiary alicyclic amines) is 2. The Kier molecular flexibility index (Phi) is 4.40. The van der Waals surface area contributed by atoms with Crippen LogP contribution < -0.4 is 5.73 Å². The van der Waals surface area contributed by atoms with Gasteiger partial charge in [0.15, 0.2) is 0 Å². The van der Waals surface area contributed by atoms with E-state index in [1.807, 2.05) is 4.90 Å². The topological polar surface area (TPSA) is 49.6 Å². The van der Waals surface area contributed by atoms with Gasteiger partial charge in [-0.3, -0.25) is 9.69 Å². The van der Waals surface area contributed by atoms with E-state index in [2.05, 4.69) is 4.90 Å². The standard InChI is InChI=1S/C13H25N3O/c1-11(17)15-7-4-13(5-8-15)16-6-2-3-12(9-14)10-16/h12-13H,2-10,14H2,1H3. The largest absolute Gasteiger partial charge is 0.343 e. The van der Waals surface area contributed by atoms with Crippen molar-refractivity contribution >= 4 is 5.91 Å². The number of nitrogens with zero attached hydrogens (tertiary/aromatic N) is 2. The third-order valence-electron chi connectivity index (χ3n) is 4.31. The highest BCUT2D eigenvalue weighted by molar-refractivity contribution is 5.73. The maximum absolute atomic E-state index is 11.3. The lowest BCUT2D eigenvalue weighted by Crippen LogP contribution is -2.50. The number of piperidine rings is 2. The summed E-state index contributed by atoms with van der Waals surface area (Å²) in [6.45, 7) is 6.75. The quantitative estimate of drug-likeness (QED) is 0.770. The monoisotopic (exact) mass is 239 g/mol. The van der Waals surface area contributed by atoms with Crippen LogP contribution in [0.4, 0.5) is 0 Å². The summed E-state index contributed by atoms with van der Waals surface area (Å²) in [4.78, 5) is 15.9. The normalized spacial score (nSPS) is 28.4. The van der Waals surface area contributed by atoms with Crippen LogP contribution in [0.1, 0.15) is 32.6 Å². The first-order chi connectivity index (χ1) is 8.20. The van der Waals surface area contributed by atoms with Crippen LogP contribution in [0, 0.1) is 5.92 Å². The minimum absolute atomic E-state index is 0.224. The summed E-state index contributed by atoms with van der Waals surface area (Å²) in [6, 6.07) is 0.681. The molecule has 0 aromatic rings. The molecule has 0 bridgehead atoms. The number of carbonyl (C=O) groups is 1. The fraction of sp³-hybridized carbons (Fsp3) is 0.923. The van der Waals surface area contributed by atoms with Crippen molar-refractivity contribution < 1.29 is 4.79 Å². The SMILES string of the molecule is CC(=O)N1CCC(N2CCCC(CN)C2)CC1. The van der Waals surface area contributed by atoms with Gasteiger partial charge in [0, 0.05) is 32.6 Å². The fourth-order valence-corrected chi connectivity index (χ4v) is 3.17. The minimum Gasteiger partial charge on any atom is -0.343 e. The molecule has 2 fully saturated rings. The van der Waals surface area contributed by atoms with Crippen molar-refractivity contribution in [1.82, 2.24) is 9.80 Å². The van der Waals surface area contributed by atoms with Crippen molar-refractivity contribution in [3.63, 3.8) is 0 Å². The molecular formula is C13H25N3O. The van der Waals surface area contributed by atoms with E-state index in [1.54, 1.807) is 6.92 Å². The molecule has 2 saturated heterocycles. The molecule has 0 spiro atoms. The molecule has 0 saturated carbocycles. The van der Waals surface area contributed by atoms with Crippen LogP contribution >= 0.6 is 0 Å². The summed E-state index contributed by atoms with van der Waals surface area (Å²) in [7, 11) is 0. The van der Waals surface area contributed by atoms with E-state index >= 15 is 0 Å². The Bertz CT molecular complexity index is 261. The number of amides is 1. The van der Waals surface area contributed by atoms with Crippen LogP contribution in [0.3, 0.4) is 0 Å². The van der Waals surface area contributed by atoms with E-state index in [0.717, 1.165) is 32.5 Å². The highest BCUT2D eigenvalue weighted by Gasteiger charge is 2.28. The second kappa shape index (κ2) is 5.83. The van der Waals surface area contributed by atoms with Crippen molar-refractivity contribution in [3.8, 4) is 0 Å². The summed E-state index contributed by atoms with van der Waals surface area (Å²) in [5, 5.41) is 0. The zero-order valence-corrected chi connectivity index (χ0v) is 10.9. The third-order valence-corrected chi connectivity index (χ3v) is 4.31. The second-order valence-electron chi connectivity index (χ2n) is 5.48. The van der Waals surface area contributed by atoms with Gasteiger partial charge in [0.25, 0.3) is 0 Å². The van der Waals surface area contributed by atoms with Crippen molar-refractivity contribution in [2.45, 2.75) is 38.6 Å². The lowest BCUT2D eigenvalue weighted by Gasteiger charge is -2.42.